The quantitative estimate of drug-likeness (QED) is 0.872. The smallest absolute Gasteiger partial charge is 0.119 e. The summed E-state index contributed by atoms with van der Waals surface area (Å²) in [7, 11) is 1.68. The van der Waals surface area contributed by atoms with E-state index in [0.717, 1.165) is 35.7 Å². The van der Waals surface area contributed by atoms with Crippen LogP contribution in [-0.2, 0) is 6.54 Å². The Kier molecular flexibility index (Phi) is 5.34. The summed E-state index contributed by atoms with van der Waals surface area (Å²) >= 11 is 0. The van der Waals surface area contributed by atoms with Gasteiger partial charge in [0, 0.05) is 23.8 Å². The van der Waals surface area contributed by atoms with Gasteiger partial charge in [-0.2, -0.15) is 0 Å². The highest BCUT2D eigenvalue weighted by atomic mass is 16.5. The maximum absolute atomic E-state index is 5.27. The first-order chi connectivity index (χ1) is 10.1. The molecular formula is C18H24N2O. The van der Waals surface area contributed by atoms with Crippen LogP contribution >= 0.6 is 0 Å². The van der Waals surface area contributed by atoms with Gasteiger partial charge < -0.3 is 10.1 Å². The molecule has 0 fully saturated rings. The molecule has 0 amide bonds. The molecule has 0 aliphatic carbocycles. The Morgan fingerprint density at radius 1 is 1.24 bits per heavy atom. The number of hydrogen-bond acceptors (Lipinski definition) is 3. The maximum Gasteiger partial charge on any atom is 0.119 e. The lowest BCUT2D eigenvalue weighted by atomic mass is 10.1. The second-order valence-corrected chi connectivity index (χ2v) is 5.36. The molecule has 3 heteroatoms. The number of rotatable bonds is 6. The highest BCUT2D eigenvalue weighted by Gasteiger charge is 2.06. The largest absolute Gasteiger partial charge is 0.497 e. The third kappa shape index (κ3) is 4.05. The Morgan fingerprint density at radius 3 is 2.71 bits per heavy atom. The van der Waals surface area contributed by atoms with Crippen LogP contribution in [0.5, 0.6) is 5.75 Å². The SMILES string of the molecule is CCC(C)NCc1ccc(-c2cccc(OC)c2)nc1C. The summed E-state index contributed by atoms with van der Waals surface area (Å²) in [6, 6.07) is 12.8. The molecule has 2 aromatic rings. The lowest BCUT2D eigenvalue weighted by Gasteiger charge is -2.13. The van der Waals surface area contributed by atoms with E-state index in [9.17, 15) is 0 Å². The minimum absolute atomic E-state index is 0.530. The summed E-state index contributed by atoms with van der Waals surface area (Å²) < 4.78 is 5.27. The number of methoxy groups -OCH3 is 1. The molecule has 0 radical (unpaired) electrons. The van der Waals surface area contributed by atoms with E-state index in [1.807, 2.05) is 18.2 Å². The van der Waals surface area contributed by atoms with Crippen LogP contribution in [0, 0.1) is 6.92 Å². The molecule has 1 unspecified atom stereocenters. The molecular weight excluding hydrogens is 260 g/mol. The van der Waals surface area contributed by atoms with E-state index in [2.05, 4.69) is 44.3 Å². The van der Waals surface area contributed by atoms with Crippen molar-refractivity contribution < 1.29 is 4.74 Å². The Bertz CT molecular complexity index is 596. The van der Waals surface area contributed by atoms with Crippen molar-refractivity contribution in [2.45, 2.75) is 39.8 Å². The van der Waals surface area contributed by atoms with Gasteiger partial charge in [0.05, 0.1) is 12.8 Å². The van der Waals surface area contributed by atoms with Crippen LogP contribution in [0.15, 0.2) is 36.4 Å². The second-order valence-electron chi connectivity index (χ2n) is 5.36. The average Bonchev–Trinajstić information content (AvgIpc) is 2.53. The monoisotopic (exact) mass is 284 g/mol. The fourth-order valence-corrected chi connectivity index (χ4v) is 2.15. The Balaban J connectivity index is 2.18. The van der Waals surface area contributed by atoms with E-state index in [4.69, 9.17) is 9.72 Å². The fourth-order valence-electron chi connectivity index (χ4n) is 2.15. The van der Waals surface area contributed by atoms with Crippen LogP contribution in [0.1, 0.15) is 31.5 Å². The number of nitrogens with zero attached hydrogens (tertiary/aromatic N) is 1. The highest BCUT2D eigenvalue weighted by molar-refractivity contribution is 5.61. The van der Waals surface area contributed by atoms with Crippen molar-refractivity contribution in [2.24, 2.45) is 0 Å². The molecule has 21 heavy (non-hydrogen) atoms. The Hall–Kier alpha value is -1.87. The minimum Gasteiger partial charge on any atom is -0.497 e. The Morgan fingerprint density at radius 2 is 2.05 bits per heavy atom. The summed E-state index contributed by atoms with van der Waals surface area (Å²) in [4.78, 5) is 4.73. The van der Waals surface area contributed by atoms with E-state index < -0.39 is 0 Å². The van der Waals surface area contributed by atoms with Gasteiger partial charge in [0.15, 0.2) is 0 Å². The van der Waals surface area contributed by atoms with E-state index in [1.165, 1.54) is 5.56 Å². The number of benzene rings is 1. The molecule has 1 N–H and O–H groups in total. The molecule has 0 aliphatic rings. The molecule has 2 rings (SSSR count). The van der Waals surface area contributed by atoms with Crippen LogP contribution < -0.4 is 10.1 Å². The standard InChI is InChI=1S/C18H24N2O/c1-5-13(2)19-12-16-9-10-18(20-14(16)3)15-7-6-8-17(11-15)21-4/h6-11,13,19H,5,12H2,1-4H3. The van der Waals surface area contributed by atoms with Crippen LogP contribution in [0.4, 0.5) is 0 Å². The predicted molar refractivity (Wildman–Crippen MR) is 87.6 cm³/mol. The van der Waals surface area contributed by atoms with E-state index in [-0.39, 0.29) is 0 Å². The fraction of sp³-hybridized carbons (Fsp3) is 0.389. The normalized spacial score (nSPS) is 12.2. The molecule has 1 heterocycles. The van der Waals surface area contributed by atoms with E-state index in [0.29, 0.717) is 6.04 Å². The highest BCUT2D eigenvalue weighted by Crippen LogP contribution is 2.23. The van der Waals surface area contributed by atoms with Gasteiger partial charge in [-0.05, 0) is 44.0 Å². The van der Waals surface area contributed by atoms with Gasteiger partial charge in [0.1, 0.15) is 5.75 Å². The summed E-state index contributed by atoms with van der Waals surface area (Å²) in [6.07, 6.45) is 1.13. The lowest BCUT2D eigenvalue weighted by Crippen LogP contribution is -2.24. The van der Waals surface area contributed by atoms with E-state index >= 15 is 0 Å². The molecule has 3 nitrogen and oxygen atoms in total. The first-order valence-corrected chi connectivity index (χ1v) is 7.48. The van der Waals surface area contributed by atoms with Crippen LogP contribution in [-0.4, -0.2) is 18.1 Å². The van der Waals surface area contributed by atoms with Crippen molar-refractivity contribution in [1.82, 2.24) is 10.3 Å². The topological polar surface area (TPSA) is 34.1 Å². The van der Waals surface area contributed by atoms with Crippen molar-refractivity contribution in [3.8, 4) is 17.0 Å². The molecule has 1 aromatic heterocycles. The zero-order chi connectivity index (χ0) is 15.2. The molecule has 1 aromatic carbocycles. The van der Waals surface area contributed by atoms with Gasteiger partial charge in [-0.1, -0.05) is 25.1 Å². The zero-order valence-corrected chi connectivity index (χ0v) is 13.3. The van der Waals surface area contributed by atoms with Gasteiger partial charge in [0.2, 0.25) is 0 Å². The average molecular weight is 284 g/mol. The third-order valence-corrected chi connectivity index (χ3v) is 3.81. The summed E-state index contributed by atoms with van der Waals surface area (Å²) in [5.74, 6) is 0.856. The number of ether oxygens (including phenoxy) is 1. The Labute approximate surface area is 127 Å². The first-order valence-electron chi connectivity index (χ1n) is 7.48. The summed E-state index contributed by atoms with van der Waals surface area (Å²) in [6.45, 7) is 7.32. The first kappa shape index (κ1) is 15.5. The van der Waals surface area contributed by atoms with Gasteiger partial charge in [-0.15, -0.1) is 0 Å². The van der Waals surface area contributed by atoms with Crippen molar-refractivity contribution in [2.75, 3.05) is 7.11 Å². The van der Waals surface area contributed by atoms with Crippen molar-refractivity contribution >= 4 is 0 Å². The van der Waals surface area contributed by atoms with Gasteiger partial charge in [0.25, 0.3) is 0 Å². The minimum atomic E-state index is 0.530. The van der Waals surface area contributed by atoms with Gasteiger partial charge >= 0.3 is 0 Å². The third-order valence-electron chi connectivity index (χ3n) is 3.81. The zero-order valence-electron chi connectivity index (χ0n) is 13.3. The molecule has 112 valence electrons. The molecule has 0 spiro atoms. The van der Waals surface area contributed by atoms with Crippen molar-refractivity contribution in [3.63, 3.8) is 0 Å². The van der Waals surface area contributed by atoms with Crippen LogP contribution in [0.2, 0.25) is 0 Å². The number of hydrogen-bond donors (Lipinski definition) is 1. The second kappa shape index (κ2) is 7.23. The number of aryl methyl sites for hydroxylation is 1. The predicted octanol–water partition coefficient (Wildman–Crippen LogP) is 3.95. The van der Waals surface area contributed by atoms with Gasteiger partial charge in [-0.3, -0.25) is 4.98 Å². The van der Waals surface area contributed by atoms with Crippen molar-refractivity contribution in [1.29, 1.82) is 0 Å². The number of aromatic nitrogens is 1. The van der Waals surface area contributed by atoms with Crippen LogP contribution in [0.25, 0.3) is 11.3 Å². The molecule has 0 aliphatic heterocycles. The molecule has 1 atom stereocenters. The van der Waals surface area contributed by atoms with Crippen molar-refractivity contribution in [3.05, 3.63) is 47.7 Å². The molecule has 0 saturated carbocycles. The number of pyridine rings is 1. The summed E-state index contributed by atoms with van der Waals surface area (Å²) in [5, 5.41) is 3.51. The maximum atomic E-state index is 5.27. The van der Waals surface area contributed by atoms with E-state index in [1.54, 1.807) is 7.11 Å². The number of nitrogens with one attached hydrogen (secondary N) is 1. The van der Waals surface area contributed by atoms with Crippen LogP contribution in [0.3, 0.4) is 0 Å². The van der Waals surface area contributed by atoms with Gasteiger partial charge in [-0.25, -0.2) is 0 Å². The summed E-state index contributed by atoms with van der Waals surface area (Å²) in [5.41, 5.74) is 4.39. The lowest BCUT2D eigenvalue weighted by molar-refractivity contribution is 0.415. The molecule has 0 bridgehead atoms. The molecule has 0 saturated heterocycles.